The topological polar surface area (TPSA) is 71.3 Å². The van der Waals surface area contributed by atoms with Crippen molar-refractivity contribution in [2.24, 2.45) is 0 Å². The van der Waals surface area contributed by atoms with Crippen molar-refractivity contribution < 1.29 is 14.3 Å². The Morgan fingerprint density at radius 1 is 1.33 bits per heavy atom. The minimum absolute atomic E-state index is 0.485. The van der Waals surface area contributed by atoms with Gasteiger partial charge in [-0.2, -0.15) is 5.26 Å². The number of amides is 1. The monoisotopic (exact) mass is 206 g/mol. The van der Waals surface area contributed by atoms with Crippen LogP contribution < -0.4 is 14.8 Å². The van der Waals surface area contributed by atoms with Gasteiger partial charge in [0.15, 0.2) is 17.6 Å². The Labute approximate surface area is 87.2 Å². The van der Waals surface area contributed by atoms with Crippen LogP contribution in [-0.4, -0.2) is 20.1 Å². The molecule has 0 aliphatic carbocycles. The normalized spacial score (nSPS) is 8.87. The van der Waals surface area contributed by atoms with Crippen molar-refractivity contribution in [1.82, 2.24) is 0 Å². The molecule has 0 radical (unpaired) electrons. The number of hydrogen-bond donors (Lipinski definition) is 1. The fourth-order valence-electron chi connectivity index (χ4n) is 1.07. The number of nitriles is 1. The Balaban J connectivity index is 2.94. The molecule has 5 heteroatoms. The molecule has 0 spiro atoms. The molecule has 1 N–H and O–H groups in total. The Kier molecular flexibility index (Phi) is 3.52. The summed E-state index contributed by atoms with van der Waals surface area (Å²) in [5.41, 5.74) is 0.485. The average molecular weight is 206 g/mol. The van der Waals surface area contributed by atoms with Gasteiger partial charge in [-0.25, -0.2) is 0 Å². The lowest BCUT2D eigenvalue weighted by molar-refractivity contribution is -0.111. The largest absolute Gasteiger partial charge is 0.493 e. The molecule has 1 rings (SSSR count). The summed E-state index contributed by atoms with van der Waals surface area (Å²) in [5, 5.41) is 10.7. The summed E-state index contributed by atoms with van der Waals surface area (Å²) in [6.45, 7) is 0. The van der Waals surface area contributed by atoms with Crippen LogP contribution in [0, 0.1) is 11.3 Å². The van der Waals surface area contributed by atoms with E-state index in [-0.39, 0.29) is 0 Å². The van der Waals surface area contributed by atoms with Gasteiger partial charge in [-0.15, -0.1) is 0 Å². The lowest BCUT2D eigenvalue weighted by Gasteiger charge is -2.08. The molecule has 78 valence electrons. The van der Waals surface area contributed by atoms with E-state index >= 15 is 0 Å². The van der Waals surface area contributed by atoms with Crippen molar-refractivity contribution in [3.63, 3.8) is 0 Å². The minimum Gasteiger partial charge on any atom is -0.493 e. The summed E-state index contributed by atoms with van der Waals surface area (Å²) >= 11 is 0. The second kappa shape index (κ2) is 4.86. The third kappa shape index (κ3) is 2.61. The van der Waals surface area contributed by atoms with Crippen molar-refractivity contribution in [2.45, 2.75) is 0 Å². The molecule has 0 aliphatic rings. The molecule has 0 fully saturated rings. The van der Waals surface area contributed by atoms with E-state index in [2.05, 4.69) is 5.32 Å². The predicted molar refractivity (Wildman–Crippen MR) is 53.8 cm³/mol. The van der Waals surface area contributed by atoms with Gasteiger partial charge in [0.2, 0.25) is 0 Å². The number of carbonyl (C=O) groups excluding carboxylic acids is 1. The smallest absolute Gasteiger partial charge is 0.326 e. The first-order chi connectivity index (χ1) is 7.21. The maximum absolute atomic E-state index is 10.8. The van der Waals surface area contributed by atoms with E-state index in [9.17, 15) is 4.79 Å². The Hall–Kier alpha value is -2.22. The number of hydrogen-bond acceptors (Lipinski definition) is 4. The summed E-state index contributed by atoms with van der Waals surface area (Å²) in [6, 6.07) is 6.30. The first-order valence-electron chi connectivity index (χ1n) is 4.14. The SMILES string of the molecule is COc1ccc(NC(=O)C#N)cc1OC. The number of rotatable bonds is 3. The van der Waals surface area contributed by atoms with Gasteiger partial charge in [-0.05, 0) is 12.1 Å². The maximum Gasteiger partial charge on any atom is 0.326 e. The molecular weight excluding hydrogens is 196 g/mol. The quantitative estimate of drug-likeness (QED) is 0.753. The number of nitrogens with one attached hydrogen (secondary N) is 1. The number of ether oxygens (including phenoxy) is 2. The van der Waals surface area contributed by atoms with Crippen LogP contribution >= 0.6 is 0 Å². The van der Waals surface area contributed by atoms with E-state index in [4.69, 9.17) is 14.7 Å². The molecule has 0 atom stereocenters. The van der Waals surface area contributed by atoms with Crippen molar-refractivity contribution in [2.75, 3.05) is 19.5 Å². The Morgan fingerprint density at radius 2 is 2.00 bits per heavy atom. The summed E-state index contributed by atoms with van der Waals surface area (Å²) < 4.78 is 10.1. The number of anilines is 1. The molecule has 15 heavy (non-hydrogen) atoms. The molecule has 0 bridgehead atoms. The molecule has 1 aromatic carbocycles. The first-order valence-corrected chi connectivity index (χ1v) is 4.14. The van der Waals surface area contributed by atoms with E-state index in [0.29, 0.717) is 17.2 Å². The maximum atomic E-state index is 10.8. The van der Waals surface area contributed by atoms with Crippen molar-refractivity contribution in [3.05, 3.63) is 18.2 Å². The van der Waals surface area contributed by atoms with Crippen LogP contribution in [0.3, 0.4) is 0 Å². The molecular formula is C10H10N2O3. The van der Waals surface area contributed by atoms with Crippen molar-refractivity contribution >= 4 is 11.6 Å². The molecule has 1 aromatic rings. The third-order valence-electron chi connectivity index (χ3n) is 1.74. The second-order valence-corrected chi connectivity index (χ2v) is 2.64. The van der Waals surface area contributed by atoms with Crippen LogP contribution in [0.2, 0.25) is 0 Å². The van der Waals surface area contributed by atoms with Gasteiger partial charge in [-0.1, -0.05) is 0 Å². The van der Waals surface area contributed by atoms with Gasteiger partial charge in [0.05, 0.1) is 14.2 Å². The lowest BCUT2D eigenvalue weighted by Crippen LogP contribution is -2.08. The van der Waals surface area contributed by atoms with Crippen LogP contribution in [-0.2, 0) is 4.79 Å². The number of methoxy groups -OCH3 is 2. The summed E-state index contributed by atoms with van der Waals surface area (Å²) in [6.07, 6.45) is 0. The zero-order valence-corrected chi connectivity index (χ0v) is 8.40. The van der Waals surface area contributed by atoms with Gasteiger partial charge in [0, 0.05) is 11.8 Å². The van der Waals surface area contributed by atoms with Crippen LogP contribution in [0.4, 0.5) is 5.69 Å². The number of nitrogens with zero attached hydrogens (tertiary/aromatic N) is 1. The zero-order valence-electron chi connectivity index (χ0n) is 8.40. The highest BCUT2D eigenvalue weighted by Gasteiger charge is 2.06. The van der Waals surface area contributed by atoms with Crippen molar-refractivity contribution in [1.29, 1.82) is 5.26 Å². The number of benzene rings is 1. The van der Waals surface area contributed by atoms with E-state index < -0.39 is 5.91 Å². The Bertz CT molecular complexity index is 410. The van der Waals surface area contributed by atoms with E-state index in [1.807, 2.05) is 0 Å². The molecule has 0 aromatic heterocycles. The van der Waals surface area contributed by atoms with Crippen LogP contribution in [0.15, 0.2) is 18.2 Å². The van der Waals surface area contributed by atoms with Crippen LogP contribution in [0.25, 0.3) is 0 Å². The van der Waals surface area contributed by atoms with E-state index in [1.165, 1.54) is 20.3 Å². The molecule has 1 amide bonds. The molecule has 0 heterocycles. The fraction of sp³-hybridized carbons (Fsp3) is 0.200. The number of carbonyl (C=O) groups is 1. The molecule has 0 saturated carbocycles. The molecule has 0 aliphatic heterocycles. The zero-order chi connectivity index (χ0) is 11.3. The highest BCUT2D eigenvalue weighted by atomic mass is 16.5. The van der Waals surface area contributed by atoms with Gasteiger partial charge in [0.1, 0.15) is 0 Å². The first kappa shape index (κ1) is 10.9. The van der Waals surface area contributed by atoms with Crippen LogP contribution in [0.1, 0.15) is 0 Å². The summed E-state index contributed by atoms with van der Waals surface area (Å²) in [4.78, 5) is 10.8. The average Bonchev–Trinajstić information content (AvgIpc) is 2.28. The predicted octanol–water partition coefficient (Wildman–Crippen LogP) is 1.17. The fourth-order valence-corrected chi connectivity index (χ4v) is 1.07. The van der Waals surface area contributed by atoms with E-state index in [0.717, 1.165) is 0 Å². The third-order valence-corrected chi connectivity index (χ3v) is 1.74. The summed E-state index contributed by atoms with van der Waals surface area (Å²) in [5.74, 6) is 0.336. The van der Waals surface area contributed by atoms with Gasteiger partial charge < -0.3 is 14.8 Å². The standard InChI is InChI=1S/C10H10N2O3/c1-14-8-4-3-7(5-9(8)15-2)12-10(13)6-11/h3-5H,1-2H3,(H,12,13). The van der Waals surface area contributed by atoms with Gasteiger partial charge in [0.25, 0.3) is 0 Å². The molecule has 0 saturated heterocycles. The summed E-state index contributed by atoms with van der Waals surface area (Å²) in [7, 11) is 3.01. The highest BCUT2D eigenvalue weighted by Crippen LogP contribution is 2.29. The van der Waals surface area contributed by atoms with Gasteiger partial charge >= 0.3 is 5.91 Å². The molecule has 0 unspecified atom stereocenters. The van der Waals surface area contributed by atoms with E-state index in [1.54, 1.807) is 18.2 Å². The second-order valence-electron chi connectivity index (χ2n) is 2.64. The Morgan fingerprint density at radius 3 is 2.53 bits per heavy atom. The minimum atomic E-state index is -0.720. The van der Waals surface area contributed by atoms with Gasteiger partial charge in [-0.3, -0.25) is 4.79 Å². The van der Waals surface area contributed by atoms with Crippen LogP contribution in [0.5, 0.6) is 11.5 Å². The lowest BCUT2D eigenvalue weighted by atomic mass is 10.2. The van der Waals surface area contributed by atoms with Crippen molar-refractivity contribution in [3.8, 4) is 17.6 Å². The highest BCUT2D eigenvalue weighted by molar-refractivity contribution is 6.02. The molecule has 5 nitrogen and oxygen atoms in total.